The zero-order valence-corrected chi connectivity index (χ0v) is 27.1. The van der Waals surface area contributed by atoms with Crippen molar-refractivity contribution in [2.24, 2.45) is 0 Å². The van der Waals surface area contributed by atoms with Crippen LogP contribution in [0.3, 0.4) is 0 Å². The van der Waals surface area contributed by atoms with Crippen LogP contribution < -0.4 is 4.90 Å². The Morgan fingerprint density at radius 2 is 0.938 bits per heavy atom. The Bertz CT molecular complexity index is 2570. The van der Waals surface area contributed by atoms with E-state index in [0.717, 1.165) is 11.4 Å². The average Bonchev–Trinajstić information content (AvgIpc) is 3.55. The van der Waals surface area contributed by atoms with Crippen LogP contribution in [0, 0.1) is 0 Å². The minimum atomic E-state index is 1.12. The van der Waals surface area contributed by atoms with Gasteiger partial charge in [0.15, 0.2) is 0 Å². The molecule has 0 radical (unpaired) electrons. The monoisotopic (exact) mass is 629 g/mol. The smallest absolute Gasteiger partial charge is 0.0640 e. The molecule has 1 aromatic heterocycles. The number of anilines is 3. The highest BCUT2D eigenvalue weighted by Crippen LogP contribution is 2.47. The van der Waals surface area contributed by atoms with Gasteiger partial charge in [0.25, 0.3) is 0 Å². The molecule has 2 heteroatoms. The highest BCUT2D eigenvalue weighted by molar-refractivity contribution is 7.26. The molecule has 0 aliphatic rings. The van der Waals surface area contributed by atoms with Crippen molar-refractivity contribution in [1.29, 1.82) is 0 Å². The Kier molecular flexibility index (Phi) is 7.07. The summed E-state index contributed by atoms with van der Waals surface area (Å²) in [5, 5.41) is 5.10. The topological polar surface area (TPSA) is 3.24 Å². The van der Waals surface area contributed by atoms with Gasteiger partial charge in [-0.25, -0.2) is 0 Å². The highest BCUT2D eigenvalue weighted by Gasteiger charge is 2.21. The molecule has 9 aromatic rings. The Hall–Kier alpha value is -5.96. The van der Waals surface area contributed by atoms with Crippen LogP contribution in [-0.4, -0.2) is 0 Å². The van der Waals surface area contributed by atoms with Gasteiger partial charge in [-0.3, -0.25) is 0 Å². The van der Waals surface area contributed by atoms with Gasteiger partial charge < -0.3 is 4.90 Å². The van der Waals surface area contributed by atoms with Gasteiger partial charge in [-0.2, -0.15) is 0 Å². The summed E-state index contributed by atoms with van der Waals surface area (Å²) in [5.41, 5.74) is 10.7. The second-order valence-corrected chi connectivity index (χ2v) is 13.2. The molecule has 0 N–H and O–H groups in total. The largest absolute Gasteiger partial charge is 0.308 e. The van der Waals surface area contributed by atoms with Gasteiger partial charge in [-0.1, -0.05) is 152 Å². The third-order valence-electron chi connectivity index (χ3n) is 9.26. The predicted octanol–water partition coefficient (Wildman–Crippen LogP) is 13.7. The van der Waals surface area contributed by atoms with Crippen molar-refractivity contribution >= 4 is 59.3 Å². The molecule has 1 heterocycles. The van der Waals surface area contributed by atoms with Crippen LogP contribution in [0.15, 0.2) is 188 Å². The number of hydrogen-bond acceptors (Lipinski definition) is 2. The number of rotatable bonds is 6. The molecule has 0 amide bonds. The van der Waals surface area contributed by atoms with E-state index in [1.807, 2.05) is 11.3 Å². The minimum absolute atomic E-state index is 1.12. The first-order valence-corrected chi connectivity index (χ1v) is 17.2. The first kappa shape index (κ1) is 28.3. The van der Waals surface area contributed by atoms with E-state index in [4.69, 9.17) is 0 Å². The van der Waals surface area contributed by atoms with E-state index in [2.05, 4.69) is 193 Å². The van der Waals surface area contributed by atoms with E-state index >= 15 is 0 Å². The first-order valence-electron chi connectivity index (χ1n) is 16.4. The lowest BCUT2D eigenvalue weighted by atomic mass is 9.94. The fourth-order valence-corrected chi connectivity index (χ4v) is 8.22. The molecule has 8 aromatic carbocycles. The summed E-state index contributed by atoms with van der Waals surface area (Å²) in [7, 11) is 0. The minimum Gasteiger partial charge on any atom is -0.308 e. The van der Waals surface area contributed by atoms with Crippen molar-refractivity contribution in [1.82, 2.24) is 0 Å². The van der Waals surface area contributed by atoms with Crippen molar-refractivity contribution in [3.8, 4) is 33.4 Å². The molecule has 0 saturated carbocycles. The molecular weight excluding hydrogens is 599 g/mol. The summed E-state index contributed by atoms with van der Waals surface area (Å²) in [6.07, 6.45) is 0. The van der Waals surface area contributed by atoms with Crippen LogP contribution in [-0.2, 0) is 0 Å². The molecule has 0 spiro atoms. The first-order chi connectivity index (χ1) is 23.8. The SMILES string of the molecule is c1ccc(-c2cccc(N(c3ccccc3-c3cccc(-c4cccc5ccccc45)c3)c3cccc4c3sc3ccccc34)c2)cc1. The average molecular weight is 630 g/mol. The lowest BCUT2D eigenvalue weighted by Crippen LogP contribution is -2.11. The highest BCUT2D eigenvalue weighted by atomic mass is 32.1. The van der Waals surface area contributed by atoms with Gasteiger partial charge in [0, 0.05) is 26.7 Å². The molecule has 0 atom stereocenters. The number of fused-ring (bicyclic) bond motifs is 4. The fourth-order valence-electron chi connectivity index (χ4n) is 7.02. The van der Waals surface area contributed by atoms with Crippen LogP contribution >= 0.6 is 11.3 Å². The van der Waals surface area contributed by atoms with Gasteiger partial charge in [-0.05, 0) is 75.0 Å². The second kappa shape index (κ2) is 12.0. The molecular formula is C46H31NS. The predicted molar refractivity (Wildman–Crippen MR) is 208 cm³/mol. The zero-order chi connectivity index (χ0) is 31.9. The number of benzene rings is 8. The molecule has 0 fully saturated rings. The van der Waals surface area contributed by atoms with Crippen molar-refractivity contribution < 1.29 is 0 Å². The van der Waals surface area contributed by atoms with Crippen LogP contribution in [0.25, 0.3) is 64.3 Å². The van der Waals surface area contributed by atoms with E-state index in [9.17, 15) is 0 Å². The summed E-state index contributed by atoms with van der Waals surface area (Å²) < 4.78 is 2.58. The van der Waals surface area contributed by atoms with Crippen molar-refractivity contribution in [3.63, 3.8) is 0 Å². The molecule has 1 nitrogen and oxygen atoms in total. The molecule has 0 aliphatic carbocycles. The normalized spacial score (nSPS) is 11.3. The number of thiophene rings is 1. The van der Waals surface area contributed by atoms with E-state index in [1.165, 1.54) is 70.0 Å². The van der Waals surface area contributed by atoms with Crippen molar-refractivity contribution in [2.45, 2.75) is 0 Å². The van der Waals surface area contributed by atoms with Crippen LogP contribution in [0.2, 0.25) is 0 Å². The summed E-state index contributed by atoms with van der Waals surface area (Å²) in [5.74, 6) is 0. The maximum Gasteiger partial charge on any atom is 0.0640 e. The van der Waals surface area contributed by atoms with Crippen molar-refractivity contribution in [3.05, 3.63) is 188 Å². The third kappa shape index (κ3) is 4.95. The maximum atomic E-state index is 2.46. The van der Waals surface area contributed by atoms with Crippen LogP contribution in [0.5, 0.6) is 0 Å². The second-order valence-electron chi connectivity index (χ2n) is 12.1. The molecule has 9 rings (SSSR count). The Balaban J connectivity index is 1.27. The van der Waals surface area contributed by atoms with Gasteiger partial charge in [0.1, 0.15) is 0 Å². The summed E-state index contributed by atoms with van der Waals surface area (Å²) >= 11 is 1.87. The number of hydrogen-bond donors (Lipinski definition) is 0. The van der Waals surface area contributed by atoms with Gasteiger partial charge in [-0.15, -0.1) is 11.3 Å². The van der Waals surface area contributed by atoms with E-state index in [-0.39, 0.29) is 0 Å². The number of para-hydroxylation sites is 1. The molecule has 48 heavy (non-hydrogen) atoms. The van der Waals surface area contributed by atoms with Crippen LogP contribution in [0.4, 0.5) is 17.1 Å². The van der Waals surface area contributed by atoms with Gasteiger partial charge >= 0.3 is 0 Å². The molecule has 0 saturated heterocycles. The summed E-state index contributed by atoms with van der Waals surface area (Å²) in [6, 6.07) is 68.2. The zero-order valence-electron chi connectivity index (χ0n) is 26.3. The lowest BCUT2D eigenvalue weighted by Gasteiger charge is -2.29. The Labute approximate surface area is 284 Å². The van der Waals surface area contributed by atoms with E-state index in [1.54, 1.807) is 0 Å². The lowest BCUT2D eigenvalue weighted by molar-refractivity contribution is 1.30. The van der Waals surface area contributed by atoms with E-state index in [0.29, 0.717) is 0 Å². The molecule has 0 bridgehead atoms. The standard InChI is InChI=1S/C46H31NS/c1-2-14-32(15-3-1)34-18-11-21-37(31-34)47(44-28-13-26-42-41-24-7-9-29-45(41)48-46(42)44)43-27-8-6-23-40(43)36-20-10-19-35(30-36)39-25-12-17-33-16-4-5-22-38(33)39/h1-31H. The fraction of sp³-hybridized carbons (Fsp3) is 0. The van der Waals surface area contributed by atoms with E-state index < -0.39 is 0 Å². The quantitative estimate of drug-likeness (QED) is 0.177. The van der Waals surface area contributed by atoms with Crippen LogP contribution in [0.1, 0.15) is 0 Å². The molecule has 0 aliphatic heterocycles. The van der Waals surface area contributed by atoms with Gasteiger partial charge in [0.2, 0.25) is 0 Å². The number of nitrogens with zero attached hydrogens (tertiary/aromatic N) is 1. The third-order valence-corrected chi connectivity index (χ3v) is 10.5. The van der Waals surface area contributed by atoms with Gasteiger partial charge in [0.05, 0.1) is 16.1 Å². The Morgan fingerprint density at radius 3 is 1.85 bits per heavy atom. The Morgan fingerprint density at radius 1 is 0.354 bits per heavy atom. The summed E-state index contributed by atoms with van der Waals surface area (Å²) in [4.78, 5) is 2.46. The van der Waals surface area contributed by atoms with Crippen molar-refractivity contribution in [2.75, 3.05) is 4.90 Å². The maximum absolute atomic E-state index is 2.46. The summed E-state index contributed by atoms with van der Waals surface area (Å²) in [6.45, 7) is 0. The molecule has 0 unspecified atom stereocenters. The molecule has 226 valence electrons.